The zero-order valence-electron chi connectivity index (χ0n) is 11.5. The maximum Gasteiger partial charge on any atom is 0.158 e. The molecule has 0 aliphatic heterocycles. The van der Waals surface area contributed by atoms with Crippen LogP contribution >= 0.6 is 0 Å². The standard InChI is InChI=1S/C13H23N3O/c1-6-7-16-9(8-17)14-15-11(16)10-12(2,3)13(10,4)5/h10,17H,6-8H2,1-5H3. The van der Waals surface area contributed by atoms with Gasteiger partial charge in [-0.1, -0.05) is 34.6 Å². The molecule has 0 amide bonds. The molecule has 1 aliphatic carbocycles. The quantitative estimate of drug-likeness (QED) is 0.874. The predicted octanol–water partition coefficient (Wildman–Crippen LogP) is 2.33. The third kappa shape index (κ3) is 1.61. The Kier molecular flexibility index (Phi) is 2.81. The lowest BCUT2D eigenvalue weighted by Crippen LogP contribution is -2.08. The highest BCUT2D eigenvalue weighted by Gasteiger charge is 2.67. The van der Waals surface area contributed by atoms with Gasteiger partial charge in [0.1, 0.15) is 12.4 Å². The SMILES string of the molecule is CCCn1c(CO)nnc1C1C(C)(C)C1(C)C. The van der Waals surface area contributed by atoms with Crippen LogP contribution in [0, 0.1) is 10.8 Å². The molecule has 4 nitrogen and oxygen atoms in total. The first kappa shape index (κ1) is 12.6. The van der Waals surface area contributed by atoms with Gasteiger partial charge in [0.15, 0.2) is 5.82 Å². The van der Waals surface area contributed by atoms with Crippen molar-refractivity contribution in [1.82, 2.24) is 14.8 Å². The maximum absolute atomic E-state index is 9.30. The van der Waals surface area contributed by atoms with Gasteiger partial charge in [-0.2, -0.15) is 0 Å². The lowest BCUT2D eigenvalue weighted by molar-refractivity contribution is 0.263. The number of aromatic nitrogens is 3. The summed E-state index contributed by atoms with van der Waals surface area (Å²) in [4.78, 5) is 0. The van der Waals surface area contributed by atoms with E-state index < -0.39 is 0 Å². The third-order valence-corrected chi connectivity index (χ3v) is 4.72. The minimum absolute atomic E-state index is 0.0272. The summed E-state index contributed by atoms with van der Waals surface area (Å²) in [6, 6.07) is 0. The first-order chi connectivity index (χ1) is 7.87. The van der Waals surface area contributed by atoms with Crippen LogP contribution in [0.1, 0.15) is 58.6 Å². The van der Waals surface area contributed by atoms with Gasteiger partial charge in [0.25, 0.3) is 0 Å². The van der Waals surface area contributed by atoms with Crippen molar-refractivity contribution >= 4 is 0 Å². The van der Waals surface area contributed by atoms with Crippen molar-refractivity contribution in [2.24, 2.45) is 10.8 Å². The van der Waals surface area contributed by atoms with E-state index in [1.165, 1.54) is 0 Å². The summed E-state index contributed by atoms with van der Waals surface area (Å²) in [5.74, 6) is 2.18. The molecule has 0 saturated heterocycles. The minimum atomic E-state index is -0.0272. The van der Waals surface area contributed by atoms with Gasteiger partial charge in [0, 0.05) is 12.5 Å². The zero-order valence-corrected chi connectivity index (χ0v) is 11.5. The Morgan fingerprint density at radius 2 is 1.76 bits per heavy atom. The van der Waals surface area contributed by atoms with Crippen LogP contribution in [-0.4, -0.2) is 19.9 Å². The average Bonchev–Trinajstić information content (AvgIpc) is 2.58. The van der Waals surface area contributed by atoms with Crippen LogP contribution in [0.4, 0.5) is 0 Å². The summed E-state index contributed by atoms with van der Waals surface area (Å²) < 4.78 is 2.10. The van der Waals surface area contributed by atoms with Gasteiger partial charge in [-0.05, 0) is 17.3 Å². The molecular weight excluding hydrogens is 214 g/mol. The summed E-state index contributed by atoms with van der Waals surface area (Å²) in [5.41, 5.74) is 0.524. The Bertz CT molecular complexity index is 406. The van der Waals surface area contributed by atoms with Gasteiger partial charge in [0.2, 0.25) is 0 Å². The molecule has 4 heteroatoms. The molecule has 0 aromatic carbocycles. The summed E-state index contributed by atoms with van der Waals surface area (Å²) in [5, 5.41) is 17.7. The normalized spacial score (nSPS) is 21.8. The maximum atomic E-state index is 9.30. The van der Waals surface area contributed by atoms with Crippen LogP contribution in [0.2, 0.25) is 0 Å². The van der Waals surface area contributed by atoms with Crippen LogP contribution in [0.15, 0.2) is 0 Å². The molecule has 1 aromatic heterocycles. The molecule has 0 unspecified atom stereocenters. The number of nitrogens with zero attached hydrogens (tertiary/aromatic N) is 3. The fourth-order valence-corrected chi connectivity index (χ4v) is 2.99. The predicted molar refractivity (Wildman–Crippen MR) is 66.5 cm³/mol. The number of hydrogen-bond acceptors (Lipinski definition) is 3. The molecule has 0 bridgehead atoms. The van der Waals surface area contributed by atoms with E-state index in [1.807, 2.05) is 0 Å². The van der Waals surface area contributed by atoms with E-state index in [0.717, 1.165) is 18.8 Å². The van der Waals surface area contributed by atoms with Gasteiger partial charge in [-0.25, -0.2) is 0 Å². The number of rotatable bonds is 4. The first-order valence-corrected chi connectivity index (χ1v) is 6.40. The molecule has 2 rings (SSSR count). The van der Waals surface area contributed by atoms with E-state index >= 15 is 0 Å². The van der Waals surface area contributed by atoms with Crippen LogP contribution in [0.25, 0.3) is 0 Å². The average molecular weight is 237 g/mol. The Hall–Kier alpha value is -0.900. The third-order valence-electron chi connectivity index (χ3n) is 4.72. The summed E-state index contributed by atoms with van der Waals surface area (Å²) in [6.45, 7) is 12.1. The van der Waals surface area contributed by atoms with Crippen molar-refractivity contribution in [1.29, 1.82) is 0 Å². The lowest BCUT2D eigenvalue weighted by Gasteiger charge is -2.08. The van der Waals surface area contributed by atoms with Crippen molar-refractivity contribution in [2.45, 2.75) is 60.1 Å². The molecule has 1 aliphatic rings. The van der Waals surface area contributed by atoms with Gasteiger partial charge in [-0.15, -0.1) is 10.2 Å². The Balaban J connectivity index is 2.38. The van der Waals surface area contributed by atoms with E-state index in [4.69, 9.17) is 0 Å². The second-order valence-electron chi connectivity index (χ2n) is 6.16. The summed E-state index contributed by atoms with van der Waals surface area (Å²) in [7, 11) is 0. The molecule has 0 spiro atoms. The van der Waals surface area contributed by atoms with Crippen molar-refractivity contribution in [2.75, 3.05) is 0 Å². The van der Waals surface area contributed by atoms with Crippen LogP contribution in [0.5, 0.6) is 0 Å². The Morgan fingerprint density at radius 3 is 2.18 bits per heavy atom. The highest BCUT2D eigenvalue weighted by atomic mass is 16.3. The molecule has 17 heavy (non-hydrogen) atoms. The highest BCUT2D eigenvalue weighted by molar-refractivity contribution is 5.27. The Morgan fingerprint density at radius 1 is 1.18 bits per heavy atom. The molecule has 1 aromatic rings. The molecule has 0 atom stereocenters. The molecule has 1 N–H and O–H groups in total. The second kappa shape index (κ2) is 3.80. The molecule has 1 heterocycles. The Labute approximate surface area is 103 Å². The van der Waals surface area contributed by atoms with Crippen LogP contribution < -0.4 is 0 Å². The van der Waals surface area contributed by atoms with Crippen molar-refractivity contribution in [3.63, 3.8) is 0 Å². The molecule has 0 radical (unpaired) electrons. The molecular formula is C13H23N3O. The van der Waals surface area contributed by atoms with E-state index in [9.17, 15) is 5.11 Å². The van der Waals surface area contributed by atoms with E-state index in [0.29, 0.717) is 11.7 Å². The molecule has 1 fully saturated rings. The van der Waals surface area contributed by atoms with E-state index in [1.54, 1.807) is 0 Å². The molecule has 1 saturated carbocycles. The topological polar surface area (TPSA) is 50.9 Å². The van der Waals surface area contributed by atoms with Gasteiger partial charge in [-0.3, -0.25) is 0 Å². The van der Waals surface area contributed by atoms with E-state index in [2.05, 4.69) is 49.4 Å². The van der Waals surface area contributed by atoms with Gasteiger partial charge < -0.3 is 9.67 Å². The monoisotopic (exact) mass is 237 g/mol. The van der Waals surface area contributed by atoms with Crippen molar-refractivity contribution in [3.8, 4) is 0 Å². The second-order valence-corrected chi connectivity index (χ2v) is 6.16. The van der Waals surface area contributed by atoms with Crippen LogP contribution in [-0.2, 0) is 13.2 Å². The highest BCUT2D eigenvalue weighted by Crippen LogP contribution is 2.73. The summed E-state index contributed by atoms with van der Waals surface area (Å²) in [6.07, 6.45) is 1.03. The smallest absolute Gasteiger partial charge is 0.158 e. The van der Waals surface area contributed by atoms with Gasteiger partial charge in [0.05, 0.1) is 0 Å². The van der Waals surface area contributed by atoms with E-state index in [-0.39, 0.29) is 17.4 Å². The fraction of sp³-hybridized carbons (Fsp3) is 0.846. The number of hydrogen-bond donors (Lipinski definition) is 1. The van der Waals surface area contributed by atoms with Crippen molar-refractivity contribution in [3.05, 3.63) is 11.6 Å². The van der Waals surface area contributed by atoms with Crippen LogP contribution in [0.3, 0.4) is 0 Å². The van der Waals surface area contributed by atoms with Crippen molar-refractivity contribution < 1.29 is 5.11 Å². The lowest BCUT2D eigenvalue weighted by atomic mass is 10.0. The van der Waals surface area contributed by atoms with Gasteiger partial charge >= 0.3 is 0 Å². The number of aliphatic hydroxyl groups is 1. The zero-order chi connectivity index (χ0) is 12.8. The summed E-state index contributed by atoms with van der Waals surface area (Å²) >= 11 is 0. The minimum Gasteiger partial charge on any atom is -0.388 e. The fourth-order valence-electron chi connectivity index (χ4n) is 2.99. The largest absolute Gasteiger partial charge is 0.388 e. The first-order valence-electron chi connectivity index (χ1n) is 6.40. The number of aliphatic hydroxyl groups excluding tert-OH is 1. The molecule has 96 valence electrons.